The van der Waals surface area contributed by atoms with Gasteiger partial charge in [0.05, 0.1) is 25.9 Å². The Morgan fingerprint density at radius 1 is 1.00 bits per heavy atom. The number of carbonyl (C=O) groups excluding carboxylic acids is 3. The number of methoxy groups -OCH3 is 1. The van der Waals surface area contributed by atoms with E-state index in [0.717, 1.165) is 32.8 Å². The molecule has 0 spiro atoms. The lowest BCUT2D eigenvalue weighted by atomic mass is 10.0. The fourth-order valence-electron chi connectivity index (χ4n) is 3.22. The second-order valence-electron chi connectivity index (χ2n) is 7.48. The first-order valence-corrected chi connectivity index (χ1v) is 11.0. The Kier molecular flexibility index (Phi) is 10.2. The molecule has 0 aromatic heterocycles. The van der Waals surface area contributed by atoms with E-state index in [2.05, 4.69) is 10.1 Å². The number of benzene rings is 2. The van der Waals surface area contributed by atoms with E-state index in [9.17, 15) is 19.5 Å². The van der Waals surface area contributed by atoms with Crippen molar-refractivity contribution < 1.29 is 33.7 Å². The molecule has 2 N–H and O–H groups in total. The Labute approximate surface area is 193 Å². The molecular formula is C25H31NO7. The number of phenolic OH excluding ortho intramolecular Hbond substituents is 1. The van der Waals surface area contributed by atoms with Crippen LogP contribution in [0.2, 0.25) is 0 Å². The number of nitrogens with one attached hydrogen (secondary N) is 1. The van der Waals surface area contributed by atoms with Crippen molar-refractivity contribution in [3.05, 3.63) is 47.5 Å². The van der Waals surface area contributed by atoms with Crippen LogP contribution in [0, 0.1) is 0 Å². The molecule has 0 saturated heterocycles. The predicted octanol–water partition coefficient (Wildman–Crippen LogP) is 4.29. The number of amides is 1. The number of aromatic hydroxyl groups is 1. The standard InChI is InChI=1S/C25H31NO7/c1-4-9-21-22(13-12-20(17(2)27)23(21)28)33-15-7-5-6-14-32-19-11-8-10-18(16-19)26-24(29)25(30)31-3/h8,10-13,16,28H,4-7,9,14-15H2,1-3H3,(H,26,29). The summed E-state index contributed by atoms with van der Waals surface area (Å²) in [6.07, 6.45) is 3.95. The van der Waals surface area contributed by atoms with Crippen molar-refractivity contribution in [3.8, 4) is 17.2 Å². The van der Waals surface area contributed by atoms with Crippen LogP contribution in [0.5, 0.6) is 17.2 Å². The number of hydrogen-bond donors (Lipinski definition) is 2. The van der Waals surface area contributed by atoms with Crippen molar-refractivity contribution in [3.63, 3.8) is 0 Å². The van der Waals surface area contributed by atoms with Crippen LogP contribution in [0.4, 0.5) is 5.69 Å². The van der Waals surface area contributed by atoms with Crippen LogP contribution >= 0.6 is 0 Å². The molecule has 1 amide bonds. The lowest BCUT2D eigenvalue weighted by molar-refractivity contribution is -0.150. The molecule has 0 radical (unpaired) electrons. The summed E-state index contributed by atoms with van der Waals surface area (Å²) in [5, 5.41) is 12.8. The Hall–Kier alpha value is -3.55. The molecule has 0 unspecified atom stereocenters. The number of ether oxygens (including phenoxy) is 3. The zero-order valence-electron chi connectivity index (χ0n) is 19.3. The Bertz CT molecular complexity index is 971. The van der Waals surface area contributed by atoms with Crippen LogP contribution in [-0.4, -0.2) is 43.1 Å². The van der Waals surface area contributed by atoms with E-state index in [-0.39, 0.29) is 11.5 Å². The average molecular weight is 458 g/mol. The molecule has 2 rings (SSSR count). The van der Waals surface area contributed by atoms with Gasteiger partial charge in [0.15, 0.2) is 5.78 Å². The van der Waals surface area contributed by atoms with Gasteiger partial charge in [-0.2, -0.15) is 0 Å². The lowest BCUT2D eigenvalue weighted by Gasteiger charge is -2.14. The van der Waals surface area contributed by atoms with Gasteiger partial charge >= 0.3 is 11.9 Å². The van der Waals surface area contributed by atoms with E-state index in [4.69, 9.17) is 9.47 Å². The number of esters is 1. The normalized spacial score (nSPS) is 10.4. The maximum absolute atomic E-state index is 11.7. The third-order valence-corrected chi connectivity index (χ3v) is 4.90. The van der Waals surface area contributed by atoms with Gasteiger partial charge in [-0.1, -0.05) is 19.4 Å². The van der Waals surface area contributed by atoms with Crippen LogP contribution in [0.25, 0.3) is 0 Å². The van der Waals surface area contributed by atoms with E-state index in [0.29, 0.717) is 47.9 Å². The molecule has 0 atom stereocenters. The topological polar surface area (TPSA) is 111 Å². The Balaban J connectivity index is 1.75. The highest BCUT2D eigenvalue weighted by Crippen LogP contribution is 2.33. The number of anilines is 1. The summed E-state index contributed by atoms with van der Waals surface area (Å²) in [5.41, 5.74) is 1.43. The van der Waals surface area contributed by atoms with Crippen molar-refractivity contribution in [1.82, 2.24) is 0 Å². The Morgan fingerprint density at radius 2 is 1.73 bits per heavy atom. The van der Waals surface area contributed by atoms with Crippen molar-refractivity contribution in [2.24, 2.45) is 0 Å². The largest absolute Gasteiger partial charge is 0.507 e. The van der Waals surface area contributed by atoms with Crippen molar-refractivity contribution in [2.45, 2.75) is 46.0 Å². The van der Waals surface area contributed by atoms with Gasteiger partial charge in [0.25, 0.3) is 0 Å². The number of unbranched alkanes of at least 4 members (excludes halogenated alkanes) is 2. The maximum atomic E-state index is 11.7. The number of ketones is 1. The molecule has 0 fully saturated rings. The quantitative estimate of drug-likeness (QED) is 0.212. The minimum absolute atomic E-state index is 0.0141. The molecule has 33 heavy (non-hydrogen) atoms. The van der Waals surface area contributed by atoms with Gasteiger partial charge in [-0.3, -0.25) is 9.59 Å². The number of carbonyl (C=O) groups is 3. The monoisotopic (exact) mass is 457 g/mol. The first-order chi connectivity index (χ1) is 15.9. The number of phenols is 1. The van der Waals surface area contributed by atoms with Gasteiger partial charge in [-0.15, -0.1) is 0 Å². The maximum Gasteiger partial charge on any atom is 0.396 e. The summed E-state index contributed by atoms with van der Waals surface area (Å²) >= 11 is 0. The number of hydrogen-bond acceptors (Lipinski definition) is 7. The summed E-state index contributed by atoms with van der Waals surface area (Å²) in [4.78, 5) is 34.4. The molecule has 0 bridgehead atoms. The van der Waals surface area contributed by atoms with E-state index < -0.39 is 11.9 Å². The lowest BCUT2D eigenvalue weighted by Crippen LogP contribution is -2.23. The second-order valence-corrected chi connectivity index (χ2v) is 7.48. The molecule has 178 valence electrons. The van der Waals surface area contributed by atoms with Gasteiger partial charge in [-0.25, -0.2) is 4.79 Å². The van der Waals surface area contributed by atoms with Crippen LogP contribution in [0.3, 0.4) is 0 Å². The van der Waals surface area contributed by atoms with Crippen molar-refractivity contribution in [2.75, 3.05) is 25.6 Å². The molecule has 8 nitrogen and oxygen atoms in total. The van der Waals surface area contributed by atoms with E-state index in [1.54, 1.807) is 36.4 Å². The Morgan fingerprint density at radius 3 is 2.39 bits per heavy atom. The smallest absolute Gasteiger partial charge is 0.396 e. The highest BCUT2D eigenvalue weighted by molar-refractivity contribution is 6.37. The molecule has 0 saturated carbocycles. The molecule has 2 aromatic rings. The summed E-state index contributed by atoms with van der Waals surface area (Å²) in [5.74, 6) is -0.773. The third kappa shape index (κ3) is 7.82. The molecule has 0 heterocycles. The van der Waals surface area contributed by atoms with Crippen LogP contribution < -0.4 is 14.8 Å². The SMILES string of the molecule is CCCc1c(OCCCCCOc2cccc(NC(=O)C(=O)OC)c2)ccc(C(C)=O)c1O. The first-order valence-electron chi connectivity index (χ1n) is 11.0. The van der Waals surface area contributed by atoms with Gasteiger partial charge in [0.2, 0.25) is 0 Å². The van der Waals surface area contributed by atoms with Crippen LogP contribution in [0.15, 0.2) is 36.4 Å². The number of rotatable bonds is 12. The van der Waals surface area contributed by atoms with Crippen molar-refractivity contribution in [1.29, 1.82) is 0 Å². The minimum Gasteiger partial charge on any atom is -0.507 e. The fraction of sp³-hybridized carbons (Fsp3) is 0.400. The molecule has 2 aromatic carbocycles. The summed E-state index contributed by atoms with van der Waals surface area (Å²) in [6, 6.07) is 10.1. The highest BCUT2D eigenvalue weighted by atomic mass is 16.5. The fourth-order valence-corrected chi connectivity index (χ4v) is 3.22. The zero-order valence-corrected chi connectivity index (χ0v) is 19.3. The highest BCUT2D eigenvalue weighted by Gasteiger charge is 2.16. The van der Waals surface area contributed by atoms with Gasteiger partial charge in [0.1, 0.15) is 17.2 Å². The van der Waals surface area contributed by atoms with E-state index in [1.807, 2.05) is 6.92 Å². The van der Waals surface area contributed by atoms with Gasteiger partial charge in [0, 0.05) is 17.3 Å². The van der Waals surface area contributed by atoms with Gasteiger partial charge in [-0.05, 0) is 56.9 Å². The van der Waals surface area contributed by atoms with E-state index >= 15 is 0 Å². The minimum atomic E-state index is -0.963. The summed E-state index contributed by atoms with van der Waals surface area (Å²) in [7, 11) is 1.14. The number of Topliss-reactive ketones (excluding diaryl/α,β-unsaturated/α-hetero) is 1. The molecule has 0 aliphatic rings. The van der Waals surface area contributed by atoms with Crippen LogP contribution in [0.1, 0.15) is 55.5 Å². The first kappa shape index (κ1) is 25.7. The zero-order chi connectivity index (χ0) is 24.2. The predicted molar refractivity (Wildman–Crippen MR) is 124 cm³/mol. The van der Waals surface area contributed by atoms with Gasteiger partial charge < -0.3 is 24.6 Å². The van der Waals surface area contributed by atoms with Crippen molar-refractivity contribution >= 4 is 23.3 Å². The van der Waals surface area contributed by atoms with E-state index in [1.165, 1.54) is 6.92 Å². The third-order valence-electron chi connectivity index (χ3n) is 4.90. The molecule has 0 aliphatic heterocycles. The average Bonchev–Trinajstić information content (AvgIpc) is 2.79. The molecular weight excluding hydrogens is 426 g/mol. The second kappa shape index (κ2) is 13.1. The molecule has 8 heteroatoms. The summed E-state index contributed by atoms with van der Waals surface area (Å²) < 4.78 is 15.9. The van der Waals surface area contributed by atoms with Crippen LogP contribution in [-0.2, 0) is 20.7 Å². The molecule has 0 aliphatic carbocycles. The summed E-state index contributed by atoms with van der Waals surface area (Å²) in [6.45, 7) is 4.42.